The Kier molecular flexibility index (Phi) is 4.17. The molecule has 5 nitrogen and oxygen atoms in total. The summed E-state index contributed by atoms with van der Waals surface area (Å²) in [5.74, 6) is 0.705. The minimum absolute atomic E-state index is 0.0116. The average Bonchev–Trinajstić information content (AvgIpc) is 3.06. The lowest BCUT2D eigenvalue weighted by atomic mass is 9.88. The molecule has 0 bridgehead atoms. The Morgan fingerprint density at radius 1 is 1.32 bits per heavy atom. The summed E-state index contributed by atoms with van der Waals surface area (Å²) in [6, 6.07) is 11.9. The molecule has 2 heterocycles. The first-order valence-electron chi connectivity index (χ1n) is 8.66. The second kappa shape index (κ2) is 6.48. The topological polar surface area (TPSA) is 60.5 Å². The van der Waals surface area contributed by atoms with Crippen molar-refractivity contribution in [1.82, 2.24) is 10.3 Å². The lowest BCUT2D eigenvalue weighted by Crippen LogP contribution is -2.59. The van der Waals surface area contributed by atoms with Crippen LogP contribution < -0.4 is 10.1 Å². The second-order valence-corrected chi connectivity index (χ2v) is 6.91. The Hall–Kier alpha value is -2.40. The maximum absolute atomic E-state index is 13.0. The predicted octanol–water partition coefficient (Wildman–Crippen LogP) is 2.25. The minimum atomic E-state index is -0.544. The van der Waals surface area contributed by atoms with Gasteiger partial charge in [-0.1, -0.05) is 24.3 Å². The molecule has 1 aliphatic carbocycles. The van der Waals surface area contributed by atoms with E-state index in [0.717, 1.165) is 29.8 Å². The van der Waals surface area contributed by atoms with Gasteiger partial charge in [0.2, 0.25) is 5.91 Å². The maximum atomic E-state index is 13.0. The molecule has 2 aliphatic rings. The van der Waals surface area contributed by atoms with Gasteiger partial charge in [-0.05, 0) is 36.1 Å². The molecular formula is C20H22N2O3. The molecule has 1 aromatic heterocycles. The number of hydrogen-bond acceptors (Lipinski definition) is 4. The van der Waals surface area contributed by atoms with Gasteiger partial charge in [0, 0.05) is 19.7 Å². The lowest BCUT2D eigenvalue weighted by molar-refractivity contribution is -0.126. The van der Waals surface area contributed by atoms with Crippen LogP contribution in [0.2, 0.25) is 0 Å². The number of carbonyl (C=O) groups is 1. The SMILES string of the molecule is COCC1(NC(=O)C2CCc3cccnc32)COc2ccccc2C1. The highest BCUT2D eigenvalue weighted by atomic mass is 16.5. The number of aryl methyl sites for hydroxylation is 1. The summed E-state index contributed by atoms with van der Waals surface area (Å²) in [6.45, 7) is 0.820. The van der Waals surface area contributed by atoms with E-state index in [1.165, 1.54) is 5.56 Å². The summed E-state index contributed by atoms with van der Waals surface area (Å²) < 4.78 is 11.3. The molecule has 1 aromatic carbocycles. The third-order valence-corrected chi connectivity index (χ3v) is 5.09. The first-order valence-corrected chi connectivity index (χ1v) is 8.66. The van der Waals surface area contributed by atoms with Crippen LogP contribution in [0.5, 0.6) is 5.75 Å². The van der Waals surface area contributed by atoms with Gasteiger partial charge in [0.25, 0.3) is 0 Å². The molecule has 0 spiro atoms. The molecule has 1 N–H and O–H groups in total. The summed E-state index contributed by atoms with van der Waals surface area (Å²) in [4.78, 5) is 17.4. The zero-order chi connectivity index (χ0) is 17.3. The third kappa shape index (κ3) is 3.00. The number of para-hydroxylation sites is 1. The van der Waals surface area contributed by atoms with E-state index in [9.17, 15) is 4.79 Å². The van der Waals surface area contributed by atoms with Crippen LogP contribution in [-0.4, -0.2) is 36.8 Å². The van der Waals surface area contributed by atoms with Crippen molar-refractivity contribution in [2.24, 2.45) is 0 Å². The van der Waals surface area contributed by atoms with E-state index < -0.39 is 5.54 Å². The number of nitrogens with one attached hydrogen (secondary N) is 1. The number of aromatic nitrogens is 1. The lowest BCUT2D eigenvalue weighted by Gasteiger charge is -2.38. The van der Waals surface area contributed by atoms with E-state index in [1.807, 2.05) is 30.3 Å². The van der Waals surface area contributed by atoms with Gasteiger partial charge in [-0.25, -0.2) is 0 Å². The molecule has 2 aromatic rings. The summed E-state index contributed by atoms with van der Waals surface area (Å²) >= 11 is 0. The zero-order valence-corrected chi connectivity index (χ0v) is 14.3. The monoisotopic (exact) mass is 338 g/mol. The van der Waals surface area contributed by atoms with Gasteiger partial charge >= 0.3 is 0 Å². The van der Waals surface area contributed by atoms with E-state index in [4.69, 9.17) is 9.47 Å². The van der Waals surface area contributed by atoms with Crippen molar-refractivity contribution in [2.45, 2.75) is 30.7 Å². The number of benzene rings is 1. The van der Waals surface area contributed by atoms with Crippen molar-refractivity contribution in [3.05, 3.63) is 59.4 Å². The fourth-order valence-electron chi connectivity index (χ4n) is 3.92. The molecule has 2 atom stereocenters. The third-order valence-electron chi connectivity index (χ3n) is 5.09. The zero-order valence-electron chi connectivity index (χ0n) is 14.3. The summed E-state index contributed by atoms with van der Waals surface area (Å²) in [7, 11) is 1.65. The van der Waals surface area contributed by atoms with Crippen molar-refractivity contribution in [2.75, 3.05) is 20.3 Å². The Morgan fingerprint density at radius 2 is 2.16 bits per heavy atom. The molecule has 2 unspecified atom stereocenters. The van der Waals surface area contributed by atoms with Crippen LogP contribution in [0.15, 0.2) is 42.6 Å². The number of amides is 1. The highest BCUT2D eigenvalue weighted by Gasteiger charge is 2.40. The number of nitrogens with zero attached hydrogens (tertiary/aromatic N) is 1. The summed E-state index contributed by atoms with van der Waals surface area (Å²) in [5.41, 5.74) is 2.63. The van der Waals surface area contributed by atoms with Gasteiger partial charge < -0.3 is 14.8 Å². The highest BCUT2D eigenvalue weighted by Crippen LogP contribution is 2.34. The first kappa shape index (κ1) is 16.1. The Morgan fingerprint density at radius 3 is 3.04 bits per heavy atom. The largest absolute Gasteiger partial charge is 0.491 e. The van der Waals surface area contributed by atoms with Gasteiger partial charge in [0.15, 0.2) is 0 Å². The average molecular weight is 338 g/mol. The number of rotatable bonds is 4. The Labute approximate surface area is 147 Å². The molecule has 0 radical (unpaired) electrons. The molecule has 1 amide bonds. The summed E-state index contributed by atoms with van der Waals surface area (Å²) in [5, 5.41) is 3.23. The second-order valence-electron chi connectivity index (χ2n) is 6.91. The Balaban J connectivity index is 1.56. The highest BCUT2D eigenvalue weighted by molar-refractivity contribution is 5.85. The van der Waals surface area contributed by atoms with Crippen LogP contribution in [0.25, 0.3) is 0 Å². The van der Waals surface area contributed by atoms with Crippen molar-refractivity contribution < 1.29 is 14.3 Å². The predicted molar refractivity (Wildman–Crippen MR) is 93.7 cm³/mol. The van der Waals surface area contributed by atoms with Crippen LogP contribution >= 0.6 is 0 Å². The van der Waals surface area contributed by atoms with Gasteiger partial charge in [-0.3, -0.25) is 9.78 Å². The number of fused-ring (bicyclic) bond motifs is 2. The van der Waals surface area contributed by atoms with Crippen LogP contribution in [0.3, 0.4) is 0 Å². The van der Waals surface area contributed by atoms with Crippen LogP contribution in [-0.2, 0) is 22.4 Å². The van der Waals surface area contributed by atoms with Crippen LogP contribution in [0.1, 0.15) is 29.2 Å². The van der Waals surface area contributed by atoms with Crippen molar-refractivity contribution in [1.29, 1.82) is 0 Å². The van der Waals surface area contributed by atoms with Gasteiger partial charge in [-0.2, -0.15) is 0 Å². The van der Waals surface area contributed by atoms with Crippen LogP contribution in [0.4, 0.5) is 0 Å². The van der Waals surface area contributed by atoms with E-state index in [0.29, 0.717) is 19.6 Å². The van der Waals surface area contributed by atoms with Crippen molar-refractivity contribution >= 4 is 5.91 Å². The van der Waals surface area contributed by atoms with Crippen molar-refractivity contribution in [3.63, 3.8) is 0 Å². The van der Waals surface area contributed by atoms with Crippen molar-refractivity contribution in [3.8, 4) is 5.75 Å². The molecular weight excluding hydrogens is 316 g/mol. The number of ether oxygens (including phenoxy) is 2. The molecule has 130 valence electrons. The number of pyridine rings is 1. The molecule has 0 saturated heterocycles. The fourth-order valence-corrected chi connectivity index (χ4v) is 3.92. The van der Waals surface area contributed by atoms with Gasteiger partial charge in [0.05, 0.1) is 18.2 Å². The Bertz CT molecular complexity index is 792. The van der Waals surface area contributed by atoms with Gasteiger partial charge in [-0.15, -0.1) is 0 Å². The van der Waals surface area contributed by atoms with E-state index in [1.54, 1.807) is 13.3 Å². The number of carbonyl (C=O) groups excluding carboxylic acids is 1. The molecule has 4 rings (SSSR count). The molecule has 5 heteroatoms. The molecule has 0 fully saturated rings. The number of hydrogen-bond donors (Lipinski definition) is 1. The van der Waals surface area contributed by atoms with Gasteiger partial charge in [0.1, 0.15) is 17.9 Å². The maximum Gasteiger partial charge on any atom is 0.229 e. The molecule has 0 saturated carbocycles. The summed E-state index contributed by atoms with van der Waals surface area (Å²) in [6.07, 6.45) is 4.16. The standard InChI is InChI=1S/C20H22N2O3/c1-24-12-20(11-15-5-2-3-7-17(15)25-13-20)22-19(23)16-9-8-14-6-4-10-21-18(14)16/h2-7,10,16H,8-9,11-13H2,1H3,(H,22,23). The quantitative estimate of drug-likeness (QED) is 0.929. The molecule has 25 heavy (non-hydrogen) atoms. The van der Waals surface area contributed by atoms with Crippen LogP contribution in [0, 0.1) is 0 Å². The smallest absolute Gasteiger partial charge is 0.229 e. The molecule has 1 aliphatic heterocycles. The van der Waals surface area contributed by atoms with E-state index in [2.05, 4.69) is 16.4 Å². The van der Waals surface area contributed by atoms with E-state index in [-0.39, 0.29) is 11.8 Å². The minimum Gasteiger partial charge on any atom is -0.491 e. The van der Waals surface area contributed by atoms with E-state index >= 15 is 0 Å². The number of methoxy groups -OCH3 is 1. The fraction of sp³-hybridized carbons (Fsp3) is 0.400. The normalized spacial score (nSPS) is 24.1. The first-order chi connectivity index (χ1) is 12.2.